The third-order valence-corrected chi connectivity index (χ3v) is 3.41. The van der Waals surface area contributed by atoms with E-state index >= 15 is 0 Å². The molecule has 1 aromatic heterocycles. The summed E-state index contributed by atoms with van der Waals surface area (Å²) < 4.78 is 0.897. The van der Waals surface area contributed by atoms with E-state index in [2.05, 4.69) is 25.9 Å². The van der Waals surface area contributed by atoms with Crippen molar-refractivity contribution in [3.63, 3.8) is 0 Å². The lowest BCUT2D eigenvalue weighted by atomic mass is 10.2. The molecule has 0 atom stereocenters. The molecule has 0 fully saturated rings. The van der Waals surface area contributed by atoms with E-state index in [0.29, 0.717) is 5.56 Å². The molecule has 0 saturated carbocycles. The minimum atomic E-state index is 0.200. The lowest BCUT2D eigenvalue weighted by molar-refractivity contribution is 0.474. The summed E-state index contributed by atoms with van der Waals surface area (Å²) in [6, 6.07) is 15.1. The number of aromatic nitrogens is 1. The van der Waals surface area contributed by atoms with Crippen molar-refractivity contribution in [2.45, 2.75) is 0 Å². The minimum absolute atomic E-state index is 0.200. The Bertz CT molecular complexity index is 799. The van der Waals surface area contributed by atoms with Crippen LogP contribution in [0.15, 0.2) is 64.2 Å². The van der Waals surface area contributed by atoms with Gasteiger partial charge in [0.05, 0.1) is 17.4 Å². The molecule has 0 amide bonds. The minimum Gasteiger partial charge on any atom is -0.507 e. The zero-order valence-corrected chi connectivity index (χ0v) is 12.1. The Morgan fingerprint density at radius 2 is 1.95 bits per heavy atom. The summed E-state index contributed by atoms with van der Waals surface area (Å²) in [4.78, 5) is 8.71. The molecule has 4 heteroatoms. The molecule has 0 unspecified atom stereocenters. The molecule has 0 radical (unpaired) electrons. The van der Waals surface area contributed by atoms with E-state index in [1.165, 1.54) is 0 Å². The van der Waals surface area contributed by atoms with E-state index in [9.17, 15) is 5.11 Å². The second-order valence-electron chi connectivity index (χ2n) is 4.35. The van der Waals surface area contributed by atoms with E-state index in [1.54, 1.807) is 24.5 Å². The first-order chi connectivity index (χ1) is 9.72. The Labute approximate surface area is 124 Å². The molecule has 3 nitrogen and oxygen atoms in total. The van der Waals surface area contributed by atoms with E-state index in [1.807, 2.05) is 36.4 Å². The average Bonchev–Trinajstić information content (AvgIpc) is 2.48. The van der Waals surface area contributed by atoms with Crippen LogP contribution in [-0.4, -0.2) is 16.3 Å². The fourth-order valence-corrected chi connectivity index (χ4v) is 2.28. The fourth-order valence-electron chi connectivity index (χ4n) is 1.90. The van der Waals surface area contributed by atoms with Crippen LogP contribution < -0.4 is 0 Å². The molecule has 0 bridgehead atoms. The van der Waals surface area contributed by atoms with Gasteiger partial charge in [0.2, 0.25) is 0 Å². The van der Waals surface area contributed by atoms with E-state index in [-0.39, 0.29) is 5.75 Å². The second kappa shape index (κ2) is 5.43. The van der Waals surface area contributed by atoms with Crippen molar-refractivity contribution in [1.29, 1.82) is 0 Å². The highest BCUT2D eigenvalue weighted by Gasteiger charge is 1.99. The molecule has 2 aromatic carbocycles. The van der Waals surface area contributed by atoms with Gasteiger partial charge >= 0.3 is 0 Å². The number of aromatic hydroxyl groups is 1. The van der Waals surface area contributed by atoms with Gasteiger partial charge in [0, 0.05) is 21.6 Å². The van der Waals surface area contributed by atoms with Gasteiger partial charge in [-0.05, 0) is 30.3 Å². The molecule has 98 valence electrons. The number of phenolic OH excluding ortho intramolecular Hbond substituents is 1. The molecule has 0 aliphatic rings. The smallest absolute Gasteiger partial charge is 0.124 e. The summed E-state index contributed by atoms with van der Waals surface area (Å²) in [7, 11) is 0. The first-order valence-electron chi connectivity index (χ1n) is 6.10. The predicted octanol–water partition coefficient (Wildman–Crippen LogP) is 4.45. The zero-order valence-electron chi connectivity index (χ0n) is 10.5. The van der Waals surface area contributed by atoms with Gasteiger partial charge in [0.15, 0.2) is 0 Å². The summed E-state index contributed by atoms with van der Waals surface area (Å²) in [6.45, 7) is 0. The molecule has 3 rings (SSSR count). The molecule has 0 saturated heterocycles. The van der Waals surface area contributed by atoms with Gasteiger partial charge in [-0.2, -0.15) is 0 Å². The van der Waals surface area contributed by atoms with Crippen LogP contribution in [0.5, 0.6) is 5.75 Å². The largest absolute Gasteiger partial charge is 0.507 e. The number of phenols is 1. The topological polar surface area (TPSA) is 45.5 Å². The van der Waals surface area contributed by atoms with Crippen LogP contribution in [0.4, 0.5) is 5.69 Å². The lowest BCUT2D eigenvalue weighted by Gasteiger charge is -2.00. The normalized spacial score (nSPS) is 11.2. The number of benzene rings is 2. The Hall–Kier alpha value is -2.20. The van der Waals surface area contributed by atoms with Crippen LogP contribution in [0.25, 0.3) is 10.9 Å². The monoisotopic (exact) mass is 326 g/mol. The van der Waals surface area contributed by atoms with Crippen molar-refractivity contribution < 1.29 is 5.11 Å². The van der Waals surface area contributed by atoms with Crippen molar-refractivity contribution in [2.75, 3.05) is 0 Å². The summed E-state index contributed by atoms with van der Waals surface area (Å²) in [6.07, 6.45) is 3.35. The van der Waals surface area contributed by atoms with Crippen molar-refractivity contribution in [1.82, 2.24) is 4.98 Å². The van der Waals surface area contributed by atoms with Gasteiger partial charge in [-0.3, -0.25) is 9.98 Å². The lowest BCUT2D eigenvalue weighted by Crippen LogP contribution is -1.83. The number of fused-ring (bicyclic) bond motifs is 1. The van der Waals surface area contributed by atoms with Crippen LogP contribution in [0.1, 0.15) is 5.56 Å². The van der Waals surface area contributed by atoms with Gasteiger partial charge in [0.1, 0.15) is 5.75 Å². The van der Waals surface area contributed by atoms with Gasteiger partial charge in [0.25, 0.3) is 0 Å². The van der Waals surface area contributed by atoms with Crippen LogP contribution in [0.3, 0.4) is 0 Å². The van der Waals surface area contributed by atoms with Gasteiger partial charge in [-0.25, -0.2) is 0 Å². The van der Waals surface area contributed by atoms with Gasteiger partial charge in [-0.1, -0.05) is 34.1 Å². The Morgan fingerprint density at radius 3 is 2.85 bits per heavy atom. The first-order valence-corrected chi connectivity index (χ1v) is 6.89. The van der Waals surface area contributed by atoms with Crippen molar-refractivity contribution in [2.24, 2.45) is 4.99 Å². The molecule has 1 heterocycles. The predicted molar refractivity (Wildman–Crippen MR) is 84.8 cm³/mol. The highest BCUT2D eigenvalue weighted by molar-refractivity contribution is 9.10. The molecule has 1 N–H and O–H groups in total. The maximum atomic E-state index is 9.76. The summed E-state index contributed by atoms with van der Waals surface area (Å²) in [5.74, 6) is 0.200. The number of para-hydroxylation sites is 1. The van der Waals surface area contributed by atoms with Crippen molar-refractivity contribution >= 4 is 38.7 Å². The number of hydrogen-bond acceptors (Lipinski definition) is 3. The SMILES string of the molecule is Oc1ccc(Br)cc1C=Nc1cnc2ccccc2c1. The first kappa shape index (κ1) is 12.8. The van der Waals surface area contributed by atoms with Gasteiger partial charge in [-0.15, -0.1) is 0 Å². The van der Waals surface area contributed by atoms with Gasteiger partial charge < -0.3 is 5.11 Å². The van der Waals surface area contributed by atoms with Crippen LogP contribution >= 0.6 is 15.9 Å². The molecule has 3 aromatic rings. The molecule has 20 heavy (non-hydrogen) atoms. The third-order valence-electron chi connectivity index (χ3n) is 2.92. The van der Waals surface area contributed by atoms with E-state index in [4.69, 9.17) is 0 Å². The van der Waals surface area contributed by atoms with E-state index < -0.39 is 0 Å². The number of halogens is 1. The average molecular weight is 327 g/mol. The molecular weight excluding hydrogens is 316 g/mol. The fraction of sp³-hybridized carbons (Fsp3) is 0. The number of rotatable bonds is 2. The zero-order chi connectivity index (χ0) is 13.9. The highest BCUT2D eigenvalue weighted by atomic mass is 79.9. The Morgan fingerprint density at radius 1 is 1.10 bits per heavy atom. The molecular formula is C16H11BrN2O. The molecule has 0 aliphatic carbocycles. The number of nitrogens with zero attached hydrogens (tertiary/aromatic N) is 2. The summed E-state index contributed by atoms with van der Waals surface area (Å²) >= 11 is 3.37. The Kier molecular flexibility index (Phi) is 3.48. The molecule has 0 spiro atoms. The van der Waals surface area contributed by atoms with Crippen LogP contribution in [0.2, 0.25) is 0 Å². The second-order valence-corrected chi connectivity index (χ2v) is 5.26. The third kappa shape index (κ3) is 2.70. The standard InChI is InChI=1S/C16H11BrN2O/c17-13-5-6-16(20)12(7-13)9-18-14-8-11-3-1-2-4-15(11)19-10-14/h1-10,20H. The number of hydrogen-bond donors (Lipinski definition) is 1. The number of aliphatic imine (C=N–C) groups is 1. The summed E-state index contributed by atoms with van der Waals surface area (Å²) in [5, 5.41) is 10.8. The Balaban J connectivity index is 1.96. The highest BCUT2D eigenvalue weighted by Crippen LogP contribution is 2.22. The van der Waals surface area contributed by atoms with E-state index in [0.717, 1.165) is 21.1 Å². The van der Waals surface area contributed by atoms with Crippen LogP contribution in [-0.2, 0) is 0 Å². The van der Waals surface area contributed by atoms with Crippen LogP contribution in [0, 0.1) is 0 Å². The number of pyridine rings is 1. The quantitative estimate of drug-likeness (QED) is 0.707. The van der Waals surface area contributed by atoms with Crippen molar-refractivity contribution in [3.8, 4) is 5.75 Å². The molecule has 0 aliphatic heterocycles. The maximum absolute atomic E-state index is 9.76. The maximum Gasteiger partial charge on any atom is 0.124 e. The van der Waals surface area contributed by atoms with Crippen molar-refractivity contribution in [3.05, 3.63) is 64.8 Å². The summed E-state index contributed by atoms with van der Waals surface area (Å²) in [5.41, 5.74) is 2.35.